The number of nitrogens with one attached hydrogen (secondary N) is 1. The second kappa shape index (κ2) is 10.0. The predicted octanol–water partition coefficient (Wildman–Crippen LogP) is 2.69. The number of ether oxygens (including phenoxy) is 1. The maximum Gasteiger partial charge on any atom is 0.317 e. The van der Waals surface area contributed by atoms with Gasteiger partial charge >= 0.3 is 6.03 Å². The number of hydrogen-bond donors (Lipinski definition) is 1. The van der Waals surface area contributed by atoms with Crippen LogP contribution >= 0.6 is 0 Å². The summed E-state index contributed by atoms with van der Waals surface area (Å²) in [6, 6.07) is 10.9. The Balaban J connectivity index is 1.51. The molecule has 3 rings (SSSR count). The summed E-state index contributed by atoms with van der Waals surface area (Å²) in [5, 5.41) is 2.72. The van der Waals surface area contributed by atoms with Crippen molar-refractivity contribution in [1.82, 2.24) is 14.5 Å². The standard InChI is InChI=1S/C20H22F3N3O4S/c21-16-4-2-6-18(12-16)31(28,29)26-9-7-25(8-10-26)20(27)24-13-15-3-1-5-17(11-15)30-14-19(22)23/h1-6,11-12,19H,7-10,13-14H2,(H,24,27). The molecule has 31 heavy (non-hydrogen) atoms. The first kappa shape index (κ1) is 22.9. The molecule has 2 aromatic rings. The van der Waals surface area contributed by atoms with Crippen LogP contribution in [0.5, 0.6) is 5.75 Å². The lowest BCUT2D eigenvalue weighted by Crippen LogP contribution is -2.52. The zero-order valence-corrected chi connectivity index (χ0v) is 17.3. The largest absolute Gasteiger partial charge is 0.488 e. The molecule has 1 aliphatic rings. The topological polar surface area (TPSA) is 79.0 Å². The van der Waals surface area contributed by atoms with Crippen LogP contribution in [0.3, 0.4) is 0 Å². The highest BCUT2D eigenvalue weighted by Crippen LogP contribution is 2.19. The third-order valence-electron chi connectivity index (χ3n) is 4.68. The molecule has 0 aliphatic carbocycles. The molecule has 0 atom stereocenters. The maximum absolute atomic E-state index is 13.4. The summed E-state index contributed by atoms with van der Waals surface area (Å²) in [6.07, 6.45) is -2.58. The first-order chi connectivity index (χ1) is 14.8. The Morgan fingerprint density at radius 2 is 1.77 bits per heavy atom. The maximum atomic E-state index is 13.4. The van der Waals surface area contributed by atoms with Crippen LogP contribution in [0.2, 0.25) is 0 Å². The lowest BCUT2D eigenvalue weighted by molar-refractivity contribution is 0.0818. The number of piperazine rings is 1. The van der Waals surface area contributed by atoms with Gasteiger partial charge in [-0.25, -0.2) is 26.4 Å². The van der Waals surface area contributed by atoms with E-state index in [2.05, 4.69) is 5.32 Å². The molecule has 11 heteroatoms. The summed E-state index contributed by atoms with van der Waals surface area (Å²) in [5.74, 6) is -0.356. The number of halogens is 3. The zero-order chi connectivity index (χ0) is 22.4. The monoisotopic (exact) mass is 457 g/mol. The van der Waals surface area contributed by atoms with Gasteiger partial charge in [0.2, 0.25) is 10.0 Å². The van der Waals surface area contributed by atoms with Gasteiger partial charge in [-0.05, 0) is 35.9 Å². The first-order valence-electron chi connectivity index (χ1n) is 9.54. The third-order valence-corrected chi connectivity index (χ3v) is 6.57. The highest BCUT2D eigenvalue weighted by atomic mass is 32.2. The zero-order valence-electron chi connectivity index (χ0n) is 16.5. The van der Waals surface area contributed by atoms with Gasteiger partial charge in [-0.15, -0.1) is 0 Å². The molecule has 1 saturated heterocycles. The van der Waals surface area contributed by atoms with Gasteiger partial charge in [0.05, 0.1) is 4.90 Å². The van der Waals surface area contributed by atoms with Gasteiger partial charge in [0.1, 0.15) is 18.2 Å². The molecule has 1 aliphatic heterocycles. The summed E-state index contributed by atoms with van der Waals surface area (Å²) in [4.78, 5) is 13.8. The van der Waals surface area contributed by atoms with Gasteiger partial charge < -0.3 is 15.0 Å². The van der Waals surface area contributed by atoms with E-state index in [0.717, 1.165) is 6.07 Å². The molecule has 0 bridgehead atoms. The smallest absolute Gasteiger partial charge is 0.317 e. The Bertz CT molecular complexity index is 1010. The molecule has 168 valence electrons. The minimum Gasteiger partial charge on any atom is -0.488 e. The molecule has 0 aromatic heterocycles. The highest BCUT2D eigenvalue weighted by molar-refractivity contribution is 7.89. The van der Waals surface area contributed by atoms with Crippen LogP contribution in [0.1, 0.15) is 5.56 Å². The number of amides is 2. The van der Waals surface area contributed by atoms with E-state index in [1.54, 1.807) is 24.3 Å². The normalized spacial score (nSPS) is 15.2. The van der Waals surface area contributed by atoms with Crippen molar-refractivity contribution in [3.05, 3.63) is 59.9 Å². The summed E-state index contributed by atoms with van der Waals surface area (Å²) in [6.45, 7) is -0.0204. The van der Waals surface area contributed by atoms with Gasteiger partial charge in [-0.3, -0.25) is 0 Å². The number of sulfonamides is 1. The number of carbonyl (C=O) groups is 1. The Morgan fingerprint density at radius 3 is 2.45 bits per heavy atom. The summed E-state index contributed by atoms with van der Waals surface area (Å²) in [7, 11) is -3.84. The number of rotatable bonds is 7. The minimum atomic E-state index is -3.84. The fourth-order valence-corrected chi connectivity index (χ4v) is 4.56. The molecule has 0 spiro atoms. The molecule has 0 unspecified atom stereocenters. The second-order valence-corrected chi connectivity index (χ2v) is 8.79. The van der Waals surface area contributed by atoms with Crippen LogP contribution in [0.25, 0.3) is 0 Å². The fourth-order valence-electron chi connectivity index (χ4n) is 3.10. The molecular weight excluding hydrogens is 435 g/mol. The van der Waals surface area contributed by atoms with Crippen molar-refractivity contribution in [1.29, 1.82) is 0 Å². The van der Waals surface area contributed by atoms with Gasteiger partial charge in [-0.2, -0.15) is 4.31 Å². The van der Waals surface area contributed by atoms with Crippen LogP contribution in [0, 0.1) is 5.82 Å². The summed E-state index contributed by atoms with van der Waals surface area (Å²) in [5.41, 5.74) is 0.674. The van der Waals surface area contributed by atoms with Crippen molar-refractivity contribution in [2.75, 3.05) is 32.8 Å². The van der Waals surface area contributed by atoms with Crippen molar-refractivity contribution >= 4 is 16.1 Å². The molecule has 1 N–H and O–H groups in total. The molecule has 2 aromatic carbocycles. The van der Waals surface area contributed by atoms with Crippen molar-refractivity contribution in [3.63, 3.8) is 0 Å². The molecule has 1 heterocycles. The summed E-state index contributed by atoms with van der Waals surface area (Å²) < 4.78 is 69.3. The number of alkyl halides is 2. The van der Waals surface area contributed by atoms with E-state index in [-0.39, 0.29) is 49.4 Å². The Kier molecular flexibility index (Phi) is 7.39. The lowest BCUT2D eigenvalue weighted by atomic mass is 10.2. The van der Waals surface area contributed by atoms with E-state index >= 15 is 0 Å². The molecule has 2 amide bonds. The number of nitrogens with zero attached hydrogens (tertiary/aromatic N) is 2. The van der Waals surface area contributed by atoms with Crippen LogP contribution in [-0.2, 0) is 16.6 Å². The van der Waals surface area contributed by atoms with Crippen molar-refractivity contribution in [2.24, 2.45) is 0 Å². The fraction of sp³-hybridized carbons (Fsp3) is 0.350. The van der Waals surface area contributed by atoms with E-state index in [9.17, 15) is 26.4 Å². The number of carbonyl (C=O) groups excluding carboxylic acids is 1. The average Bonchev–Trinajstić information content (AvgIpc) is 2.76. The highest BCUT2D eigenvalue weighted by Gasteiger charge is 2.30. The summed E-state index contributed by atoms with van der Waals surface area (Å²) >= 11 is 0. The van der Waals surface area contributed by atoms with Crippen LogP contribution in [0.4, 0.5) is 18.0 Å². The molecular formula is C20H22F3N3O4S. The van der Waals surface area contributed by atoms with Crippen molar-refractivity contribution < 1.29 is 31.1 Å². The van der Waals surface area contributed by atoms with E-state index < -0.39 is 28.9 Å². The van der Waals surface area contributed by atoms with Crippen molar-refractivity contribution in [2.45, 2.75) is 17.9 Å². The van der Waals surface area contributed by atoms with Gasteiger partial charge in [0, 0.05) is 32.7 Å². The molecule has 0 radical (unpaired) electrons. The number of urea groups is 1. The minimum absolute atomic E-state index is 0.0865. The van der Waals surface area contributed by atoms with E-state index in [0.29, 0.717) is 5.56 Å². The van der Waals surface area contributed by atoms with Gasteiger partial charge in [0.15, 0.2) is 0 Å². The second-order valence-electron chi connectivity index (χ2n) is 6.86. The number of hydrogen-bond acceptors (Lipinski definition) is 4. The third kappa shape index (κ3) is 6.11. The molecule has 7 nitrogen and oxygen atoms in total. The SMILES string of the molecule is O=C(NCc1cccc(OCC(F)F)c1)N1CCN(S(=O)(=O)c2cccc(F)c2)CC1. The van der Waals surface area contributed by atoms with Crippen molar-refractivity contribution in [3.8, 4) is 5.75 Å². The Morgan fingerprint density at radius 1 is 1.06 bits per heavy atom. The van der Waals surface area contributed by atoms with Crippen LogP contribution < -0.4 is 10.1 Å². The number of benzene rings is 2. The van der Waals surface area contributed by atoms with Gasteiger partial charge in [-0.1, -0.05) is 18.2 Å². The Hall–Kier alpha value is -2.79. The lowest BCUT2D eigenvalue weighted by Gasteiger charge is -2.34. The Labute approximate surface area is 178 Å². The molecule has 0 saturated carbocycles. The predicted molar refractivity (Wildman–Crippen MR) is 107 cm³/mol. The molecule has 1 fully saturated rings. The van der Waals surface area contributed by atoms with Crippen LogP contribution in [-0.4, -0.2) is 62.9 Å². The van der Waals surface area contributed by atoms with E-state index in [1.165, 1.54) is 27.4 Å². The quantitative estimate of drug-likeness (QED) is 0.694. The van der Waals surface area contributed by atoms with Crippen LogP contribution in [0.15, 0.2) is 53.4 Å². The van der Waals surface area contributed by atoms with Gasteiger partial charge in [0.25, 0.3) is 6.43 Å². The first-order valence-corrected chi connectivity index (χ1v) is 11.0. The van der Waals surface area contributed by atoms with E-state index in [1.807, 2.05) is 0 Å². The average molecular weight is 457 g/mol. The van der Waals surface area contributed by atoms with E-state index in [4.69, 9.17) is 4.74 Å².